The van der Waals surface area contributed by atoms with E-state index in [1.165, 1.54) is 0 Å². The lowest BCUT2D eigenvalue weighted by atomic mass is 10.4. The van der Waals surface area contributed by atoms with Crippen LogP contribution in [0.4, 0.5) is 0 Å². The summed E-state index contributed by atoms with van der Waals surface area (Å²) < 4.78 is 0. The maximum atomic E-state index is 2.53. The molecule has 0 saturated heterocycles. The molecule has 1 aromatic rings. The fourth-order valence-corrected chi connectivity index (χ4v) is 18.0. The SMILES string of the molecule is C[Si](C)(C)C(Pc1ccccc1)[Si](C)(C)C. The molecule has 1 aromatic carbocycles. The summed E-state index contributed by atoms with van der Waals surface area (Å²) in [5, 5.41) is 1.55. The molecular weight excluding hydrogens is 243 g/mol. The van der Waals surface area contributed by atoms with Crippen LogP contribution in [-0.2, 0) is 0 Å². The lowest BCUT2D eigenvalue weighted by Crippen LogP contribution is -2.51. The van der Waals surface area contributed by atoms with E-state index in [-0.39, 0.29) is 0 Å². The number of hydrogen-bond acceptors (Lipinski definition) is 0. The minimum atomic E-state index is -1.03. The molecule has 1 rings (SSSR count). The molecule has 3 heteroatoms. The highest BCUT2D eigenvalue weighted by atomic mass is 31.1. The fourth-order valence-electron chi connectivity index (χ4n) is 2.43. The van der Waals surface area contributed by atoms with E-state index in [9.17, 15) is 0 Å². The highest BCUT2D eigenvalue weighted by molar-refractivity contribution is 7.56. The summed E-state index contributed by atoms with van der Waals surface area (Å²) in [6.45, 7) is 15.2. The van der Waals surface area contributed by atoms with Gasteiger partial charge in [-0.05, 0) is 10.2 Å². The van der Waals surface area contributed by atoms with Crippen molar-refractivity contribution in [3.05, 3.63) is 30.3 Å². The van der Waals surface area contributed by atoms with Gasteiger partial charge >= 0.3 is 0 Å². The van der Waals surface area contributed by atoms with Crippen molar-refractivity contribution in [2.24, 2.45) is 0 Å². The molecular formula is C13H25PSi2. The standard InChI is InChI=1S/C13H25PSi2/c1-15(2,3)13(16(4,5)6)14-12-10-8-7-9-11-12/h7-11,13-14H,1-6H3. The van der Waals surface area contributed by atoms with Gasteiger partial charge in [-0.15, -0.1) is 0 Å². The van der Waals surface area contributed by atoms with Crippen molar-refractivity contribution in [2.75, 3.05) is 0 Å². The molecule has 0 radical (unpaired) electrons. The van der Waals surface area contributed by atoms with Crippen molar-refractivity contribution in [1.29, 1.82) is 0 Å². The molecule has 0 aliphatic carbocycles. The van der Waals surface area contributed by atoms with Gasteiger partial charge in [0.05, 0.1) is 0 Å². The van der Waals surface area contributed by atoms with Gasteiger partial charge in [0.1, 0.15) is 0 Å². The van der Waals surface area contributed by atoms with Gasteiger partial charge in [0.2, 0.25) is 0 Å². The largest absolute Gasteiger partial charge is 0.0927 e. The third kappa shape index (κ3) is 4.16. The van der Waals surface area contributed by atoms with E-state index < -0.39 is 16.1 Å². The van der Waals surface area contributed by atoms with Gasteiger partial charge in [-0.1, -0.05) is 78.2 Å². The maximum absolute atomic E-state index is 2.53. The second kappa shape index (κ2) is 5.16. The van der Waals surface area contributed by atoms with Crippen molar-refractivity contribution in [1.82, 2.24) is 0 Å². The van der Waals surface area contributed by atoms with Crippen molar-refractivity contribution >= 4 is 30.0 Å². The van der Waals surface area contributed by atoms with Crippen molar-refractivity contribution in [3.63, 3.8) is 0 Å². The average Bonchev–Trinajstić information content (AvgIpc) is 2.12. The third-order valence-electron chi connectivity index (χ3n) is 2.82. The maximum Gasteiger partial charge on any atom is 0.0492 e. The first-order valence-corrected chi connectivity index (χ1v) is 14.3. The van der Waals surface area contributed by atoms with Gasteiger partial charge in [0.25, 0.3) is 0 Å². The number of hydrogen-bond donors (Lipinski definition) is 0. The Morgan fingerprint density at radius 3 is 1.62 bits per heavy atom. The molecule has 1 unspecified atom stereocenters. The summed E-state index contributed by atoms with van der Waals surface area (Å²) in [6, 6.07) is 11.1. The van der Waals surface area contributed by atoms with E-state index in [2.05, 4.69) is 69.6 Å². The first-order valence-electron chi connectivity index (χ1n) is 6.03. The fraction of sp³-hybridized carbons (Fsp3) is 0.538. The minimum absolute atomic E-state index is 1.00. The number of rotatable bonds is 4. The van der Waals surface area contributed by atoms with Crippen molar-refractivity contribution in [2.45, 2.75) is 44.2 Å². The quantitative estimate of drug-likeness (QED) is 0.569. The van der Waals surface area contributed by atoms with Crippen LogP contribution in [0.15, 0.2) is 30.3 Å². The molecule has 0 N–H and O–H groups in total. The van der Waals surface area contributed by atoms with E-state index in [0.29, 0.717) is 0 Å². The van der Waals surface area contributed by atoms with Gasteiger partial charge in [-0.25, -0.2) is 0 Å². The van der Waals surface area contributed by atoms with Crippen molar-refractivity contribution in [3.8, 4) is 0 Å². The molecule has 0 aliphatic rings. The van der Waals surface area contributed by atoms with E-state index in [1.807, 2.05) is 0 Å². The Morgan fingerprint density at radius 1 is 0.812 bits per heavy atom. The average molecular weight is 268 g/mol. The van der Waals surface area contributed by atoms with E-state index in [4.69, 9.17) is 0 Å². The van der Waals surface area contributed by atoms with Gasteiger partial charge in [0.15, 0.2) is 0 Å². The third-order valence-corrected chi connectivity index (χ3v) is 18.5. The summed E-state index contributed by atoms with van der Waals surface area (Å²) in [5.41, 5.74) is 0. The zero-order valence-electron chi connectivity index (χ0n) is 11.5. The molecule has 0 nitrogen and oxygen atoms in total. The van der Waals surface area contributed by atoms with Gasteiger partial charge in [-0.3, -0.25) is 0 Å². The van der Waals surface area contributed by atoms with Crippen LogP contribution in [0.25, 0.3) is 0 Å². The number of benzene rings is 1. The molecule has 0 saturated carbocycles. The van der Waals surface area contributed by atoms with Crippen LogP contribution in [0.3, 0.4) is 0 Å². The molecule has 0 fully saturated rings. The topological polar surface area (TPSA) is 0 Å². The molecule has 16 heavy (non-hydrogen) atoms. The Balaban J connectivity index is 2.89. The van der Waals surface area contributed by atoms with Crippen LogP contribution in [0.1, 0.15) is 0 Å². The van der Waals surface area contributed by atoms with Crippen LogP contribution in [-0.4, -0.2) is 21.1 Å². The van der Waals surface area contributed by atoms with Crippen molar-refractivity contribution < 1.29 is 0 Å². The van der Waals surface area contributed by atoms with E-state index in [0.717, 1.165) is 13.5 Å². The molecule has 0 bridgehead atoms. The van der Waals surface area contributed by atoms with Gasteiger partial charge in [-0.2, -0.15) is 0 Å². The second-order valence-corrected chi connectivity index (χ2v) is 20.5. The van der Waals surface area contributed by atoms with Gasteiger partial charge < -0.3 is 0 Å². The smallest absolute Gasteiger partial charge is 0.0492 e. The first-order chi connectivity index (χ1) is 7.21. The van der Waals surface area contributed by atoms with Crippen LogP contribution in [0.5, 0.6) is 0 Å². The summed E-state index contributed by atoms with van der Waals surface area (Å²) >= 11 is 0. The van der Waals surface area contributed by atoms with Crippen LogP contribution >= 0.6 is 8.58 Å². The van der Waals surface area contributed by atoms with Crippen LogP contribution in [0.2, 0.25) is 39.3 Å². The lowest BCUT2D eigenvalue weighted by Gasteiger charge is -2.38. The lowest BCUT2D eigenvalue weighted by molar-refractivity contribution is 1.46. The minimum Gasteiger partial charge on any atom is -0.0927 e. The molecule has 90 valence electrons. The Kier molecular flexibility index (Phi) is 4.56. The Labute approximate surface area is 105 Å². The summed E-state index contributed by atoms with van der Waals surface area (Å²) in [5.74, 6) is 0. The molecule has 0 amide bonds. The normalized spacial score (nSPS) is 13.9. The van der Waals surface area contributed by atoms with E-state index in [1.54, 1.807) is 5.30 Å². The Morgan fingerprint density at radius 2 is 1.25 bits per heavy atom. The molecule has 0 aliphatic heterocycles. The highest BCUT2D eigenvalue weighted by Crippen LogP contribution is 2.34. The zero-order valence-corrected chi connectivity index (χ0v) is 14.5. The summed E-state index contributed by atoms with van der Waals surface area (Å²) in [4.78, 5) is 1.00. The van der Waals surface area contributed by atoms with Crippen LogP contribution < -0.4 is 5.30 Å². The molecule has 1 atom stereocenters. The second-order valence-electron chi connectivity index (χ2n) is 6.68. The summed E-state index contributed by atoms with van der Waals surface area (Å²) in [7, 11) is -1.04. The molecule has 0 heterocycles. The first kappa shape index (κ1) is 14.1. The predicted octanol–water partition coefficient (Wildman–Crippen LogP) is 4.11. The van der Waals surface area contributed by atoms with E-state index >= 15 is 0 Å². The highest BCUT2D eigenvalue weighted by Gasteiger charge is 2.37. The zero-order chi connectivity index (χ0) is 12.4. The van der Waals surface area contributed by atoms with Crippen LogP contribution in [0, 0.1) is 0 Å². The Bertz CT molecular complexity index is 308. The summed E-state index contributed by atoms with van der Waals surface area (Å²) in [6.07, 6.45) is 0. The molecule has 0 spiro atoms. The van der Waals surface area contributed by atoms with Gasteiger partial charge in [0, 0.05) is 16.1 Å². The monoisotopic (exact) mass is 268 g/mol. The molecule has 0 aromatic heterocycles. The predicted molar refractivity (Wildman–Crippen MR) is 84.9 cm³/mol. The Hall–Kier alpha value is 0.0838.